The molecule has 0 N–H and O–H groups in total. The van der Waals surface area contributed by atoms with Gasteiger partial charge in [-0.05, 0) is 35.9 Å². The van der Waals surface area contributed by atoms with Gasteiger partial charge in [0.1, 0.15) is 5.82 Å². The van der Waals surface area contributed by atoms with Gasteiger partial charge < -0.3 is 4.74 Å². The van der Waals surface area contributed by atoms with Crippen LogP contribution < -0.4 is 0 Å². The predicted octanol–water partition coefficient (Wildman–Crippen LogP) is 4.19. The number of halogens is 4. The fourth-order valence-electron chi connectivity index (χ4n) is 2.09. The molecule has 3 nitrogen and oxygen atoms in total. The van der Waals surface area contributed by atoms with Gasteiger partial charge in [0.2, 0.25) is 5.90 Å². The minimum Gasteiger partial charge on any atom is -0.402 e. The minimum absolute atomic E-state index is 0.0293. The largest absolute Gasteiger partial charge is 0.416 e. The van der Waals surface area contributed by atoms with Gasteiger partial charge in [-0.3, -0.25) is 0 Å². The van der Waals surface area contributed by atoms with Crippen LogP contribution >= 0.6 is 0 Å². The Morgan fingerprint density at radius 3 is 2.29 bits per heavy atom. The van der Waals surface area contributed by atoms with E-state index in [0.717, 1.165) is 12.1 Å². The van der Waals surface area contributed by atoms with E-state index in [1.807, 2.05) is 0 Å². The molecule has 0 saturated carbocycles. The molecular formula is C17H9F4NO2. The minimum atomic E-state index is -4.44. The molecule has 24 heavy (non-hydrogen) atoms. The van der Waals surface area contributed by atoms with Crippen molar-refractivity contribution in [3.05, 3.63) is 76.7 Å². The number of hydrogen-bond donors (Lipinski definition) is 0. The van der Waals surface area contributed by atoms with Crippen LogP contribution in [0.2, 0.25) is 0 Å². The second-order valence-corrected chi connectivity index (χ2v) is 4.94. The van der Waals surface area contributed by atoms with Crippen LogP contribution in [0.15, 0.2) is 59.2 Å². The van der Waals surface area contributed by atoms with E-state index in [1.165, 1.54) is 36.4 Å². The second kappa shape index (κ2) is 5.92. The molecule has 0 radical (unpaired) electrons. The monoisotopic (exact) mass is 335 g/mol. The molecule has 0 saturated heterocycles. The van der Waals surface area contributed by atoms with Gasteiger partial charge >= 0.3 is 12.1 Å². The van der Waals surface area contributed by atoms with Crippen molar-refractivity contribution in [1.29, 1.82) is 0 Å². The molecule has 7 heteroatoms. The number of ether oxygens (including phenoxy) is 1. The Morgan fingerprint density at radius 1 is 1.00 bits per heavy atom. The standard InChI is InChI=1S/C17H9F4NO2/c18-13-4-2-1-3-12(13)15-22-14(16(23)24-15)9-10-5-7-11(8-6-10)17(19,20)21/h1-9H/b14-9+. The molecule has 2 aromatic carbocycles. The average Bonchev–Trinajstić information content (AvgIpc) is 2.88. The Balaban J connectivity index is 1.90. The zero-order valence-electron chi connectivity index (χ0n) is 12.0. The molecule has 3 rings (SSSR count). The quantitative estimate of drug-likeness (QED) is 0.469. The van der Waals surface area contributed by atoms with Gasteiger partial charge in [0, 0.05) is 0 Å². The summed E-state index contributed by atoms with van der Waals surface area (Å²) < 4.78 is 56.1. The topological polar surface area (TPSA) is 38.7 Å². The Bertz CT molecular complexity index is 852. The summed E-state index contributed by atoms with van der Waals surface area (Å²) >= 11 is 0. The maximum atomic E-state index is 13.7. The molecule has 1 aliphatic rings. The van der Waals surface area contributed by atoms with Crippen LogP contribution in [0.25, 0.3) is 6.08 Å². The normalized spacial score (nSPS) is 16.2. The number of carbonyl (C=O) groups is 1. The maximum Gasteiger partial charge on any atom is 0.416 e. The number of hydrogen-bond acceptors (Lipinski definition) is 3. The Kier molecular flexibility index (Phi) is 3.92. The molecule has 2 aromatic rings. The summed E-state index contributed by atoms with van der Waals surface area (Å²) in [6, 6.07) is 9.86. The Hall–Kier alpha value is -2.96. The van der Waals surface area contributed by atoms with Crippen molar-refractivity contribution in [3.63, 3.8) is 0 Å². The lowest BCUT2D eigenvalue weighted by Gasteiger charge is -2.05. The van der Waals surface area contributed by atoms with Crippen LogP contribution in [-0.2, 0) is 15.7 Å². The van der Waals surface area contributed by atoms with Gasteiger partial charge in [0.05, 0.1) is 11.1 Å². The Morgan fingerprint density at radius 2 is 1.67 bits per heavy atom. The van der Waals surface area contributed by atoms with Gasteiger partial charge in [-0.25, -0.2) is 14.2 Å². The van der Waals surface area contributed by atoms with Crippen molar-refractivity contribution in [1.82, 2.24) is 0 Å². The van der Waals surface area contributed by atoms with Crippen LogP contribution in [0, 0.1) is 5.82 Å². The number of benzene rings is 2. The van der Waals surface area contributed by atoms with Crippen LogP contribution in [-0.4, -0.2) is 11.9 Å². The molecule has 0 amide bonds. The van der Waals surface area contributed by atoms with E-state index in [4.69, 9.17) is 4.74 Å². The van der Waals surface area contributed by atoms with Gasteiger partial charge in [0.15, 0.2) is 5.70 Å². The number of esters is 1. The molecule has 0 unspecified atom stereocenters. The molecule has 1 heterocycles. The van der Waals surface area contributed by atoms with E-state index >= 15 is 0 Å². The van der Waals surface area contributed by atoms with Crippen molar-refractivity contribution >= 4 is 17.9 Å². The van der Waals surface area contributed by atoms with Gasteiger partial charge in [-0.2, -0.15) is 13.2 Å². The van der Waals surface area contributed by atoms with Crippen molar-refractivity contribution in [3.8, 4) is 0 Å². The highest BCUT2D eigenvalue weighted by molar-refractivity contribution is 6.12. The number of nitrogens with zero attached hydrogens (tertiary/aromatic N) is 1. The first-order chi connectivity index (χ1) is 11.3. The summed E-state index contributed by atoms with van der Waals surface area (Å²) in [5, 5.41) is 0. The summed E-state index contributed by atoms with van der Waals surface area (Å²) in [5.41, 5.74) is -0.544. The molecule has 0 aromatic heterocycles. The Labute approximate surface area is 133 Å². The van der Waals surface area contributed by atoms with E-state index in [1.54, 1.807) is 6.07 Å². The summed E-state index contributed by atoms with van der Waals surface area (Å²) in [4.78, 5) is 15.7. The lowest BCUT2D eigenvalue weighted by atomic mass is 10.1. The smallest absolute Gasteiger partial charge is 0.402 e. The molecule has 122 valence electrons. The molecular weight excluding hydrogens is 326 g/mol. The van der Waals surface area contributed by atoms with E-state index < -0.39 is 23.5 Å². The first-order valence-corrected chi connectivity index (χ1v) is 6.79. The van der Waals surface area contributed by atoms with Crippen molar-refractivity contribution in [2.75, 3.05) is 0 Å². The fraction of sp³-hybridized carbons (Fsp3) is 0.0588. The van der Waals surface area contributed by atoms with E-state index in [2.05, 4.69) is 4.99 Å². The van der Waals surface area contributed by atoms with Crippen LogP contribution in [0.4, 0.5) is 17.6 Å². The van der Waals surface area contributed by atoms with Crippen molar-refractivity contribution in [2.45, 2.75) is 6.18 Å². The highest BCUT2D eigenvalue weighted by atomic mass is 19.4. The maximum absolute atomic E-state index is 13.7. The first-order valence-electron chi connectivity index (χ1n) is 6.79. The number of carbonyl (C=O) groups excluding carboxylic acids is 1. The highest BCUT2D eigenvalue weighted by Gasteiger charge is 2.30. The molecule has 0 bridgehead atoms. The zero-order chi connectivity index (χ0) is 17.3. The molecule has 0 aliphatic carbocycles. The van der Waals surface area contributed by atoms with Crippen LogP contribution in [0.1, 0.15) is 16.7 Å². The number of cyclic esters (lactones) is 1. The third kappa shape index (κ3) is 3.19. The lowest BCUT2D eigenvalue weighted by Crippen LogP contribution is -2.07. The zero-order valence-corrected chi connectivity index (χ0v) is 12.0. The van der Waals surface area contributed by atoms with Gasteiger partial charge in [-0.1, -0.05) is 24.3 Å². The summed E-state index contributed by atoms with van der Waals surface area (Å²) in [6.07, 6.45) is -3.16. The van der Waals surface area contributed by atoms with Gasteiger partial charge in [-0.15, -0.1) is 0 Å². The van der Waals surface area contributed by atoms with E-state index in [0.29, 0.717) is 5.56 Å². The van der Waals surface area contributed by atoms with Crippen LogP contribution in [0.5, 0.6) is 0 Å². The number of rotatable bonds is 2. The third-order valence-electron chi connectivity index (χ3n) is 3.27. The van der Waals surface area contributed by atoms with E-state index in [-0.39, 0.29) is 17.2 Å². The molecule has 0 fully saturated rings. The average molecular weight is 335 g/mol. The lowest BCUT2D eigenvalue weighted by molar-refractivity contribution is -0.137. The summed E-state index contributed by atoms with van der Waals surface area (Å²) in [6.45, 7) is 0. The molecule has 1 aliphatic heterocycles. The van der Waals surface area contributed by atoms with Crippen molar-refractivity contribution in [2.24, 2.45) is 4.99 Å². The first kappa shape index (κ1) is 15.9. The number of aliphatic imine (C=N–C) groups is 1. The van der Waals surface area contributed by atoms with E-state index in [9.17, 15) is 22.4 Å². The van der Waals surface area contributed by atoms with Crippen LogP contribution in [0.3, 0.4) is 0 Å². The SMILES string of the molecule is O=C1OC(c2ccccc2F)=N/C1=C/c1ccc(C(F)(F)F)cc1. The van der Waals surface area contributed by atoms with Crippen molar-refractivity contribution < 1.29 is 27.1 Å². The number of alkyl halides is 3. The van der Waals surface area contributed by atoms with Gasteiger partial charge in [0.25, 0.3) is 0 Å². The third-order valence-corrected chi connectivity index (χ3v) is 3.27. The second-order valence-electron chi connectivity index (χ2n) is 4.94. The fourth-order valence-corrected chi connectivity index (χ4v) is 2.09. The molecule has 0 spiro atoms. The molecule has 0 atom stereocenters. The highest BCUT2D eigenvalue weighted by Crippen LogP contribution is 2.29. The summed E-state index contributed by atoms with van der Waals surface area (Å²) in [5.74, 6) is -1.58. The predicted molar refractivity (Wildman–Crippen MR) is 78.5 cm³/mol. The summed E-state index contributed by atoms with van der Waals surface area (Å²) in [7, 11) is 0.